The highest BCUT2D eigenvalue weighted by Crippen LogP contribution is 2.40. The van der Waals surface area contributed by atoms with Gasteiger partial charge in [0.15, 0.2) is 0 Å². The molecule has 0 fully saturated rings. The van der Waals surface area contributed by atoms with Gasteiger partial charge in [0.1, 0.15) is 36.5 Å². The number of aromatic nitrogens is 4. The number of nitrogens with zero attached hydrogens (tertiary/aromatic N) is 4. The van der Waals surface area contributed by atoms with E-state index in [1.807, 2.05) is 67.1 Å². The Bertz CT molecular complexity index is 3300. The molecule has 4 aromatic heterocycles. The summed E-state index contributed by atoms with van der Waals surface area (Å²) in [5, 5.41) is 9.96. The van der Waals surface area contributed by atoms with Gasteiger partial charge in [0.25, 0.3) is 0 Å². The van der Waals surface area contributed by atoms with Crippen LogP contribution in [0.1, 0.15) is 238 Å². The van der Waals surface area contributed by atoms with Crippen molar-refractivity contribution in [1.82, 2.24) is 19.9 Å². The van der Waals surface area contributed by atoms with Crippen molar-refractivity contribution < 1.29 is 5.11 Å². The summed E-state index contributed by atoms with van der Waals surface area (Å²) in [4.78, 5) is 18.7. The van der Waals surface area contributed by atoms with Crippen LogP contribution >= 0.6 is 0 Å². The molecule has 5 nitrogen and oxygen atoms in total. The first-order chi connectivity index (χ1) is 39.0. The first-order valence-corrected chi connectivity index (χ1v) is 32.1. The second-order valence-corrected chi connectivity index (χ2v) is 27.7. The molecule has 0 atom stereocenters. The van der Waals surface area contributed by atoms with Gasteiger partial charge in [-0.25, -0.2) is 19.9 Å². The fourth-order valence-corrected chi connectivity index (χ4v) is 14.6. The molecule has 0 saturated carbocycles. The zero-order valence-electron chi connectivity index (χ0n) is 51.5. The van der Waals surface area contributed by atoms with E-state index in [4.69, 9.17) is 15.0 Å². The largest absolute Gasteiger partial charge is 0.378 e. The molecule has 0 aromatic carbocycles. The van der Waals surface area contributed by atoms with Crippen LogP contribution in [-0.4, -0.2) is 38.7 Å². The van der Waals surface area contributed by atoms with Gasteiger partial charge in [0.05, 0.1) is 0 Å². The zero-order chi connectivity index (χ0) is 59.0. The van der Waals surface area contributed by atoms with Crippen LogP contribution in [0.2, 0.25) is 16.6 Å². The summed E-state index contributed by atoms with van der Waals surface area (Å²) in [5.41, 5.74) is 17.0. The van der Waals surface area contributed by atoms with Crippen LogP contribution in [0.15, 0.2) is 107 Å². The topological polar surface area (TPSA) is 71.8 Å². The minimum atomic E-state index is -1.85. The molecule has 0 aliphatic heterocycles. The Morgan fingerprint density at radius 3 is 0.901 bits per heavy atom. The third kappa shape index (κ3) is 22.9. The quantitative estimate of drug-likeness (QED) is 0.0794. The van der Waals surface area contributed by atoms with Crippen LogP contribution in [0.3, 0.4) is 0 Å². The van der Waals surface area contributed by atoms with Gasteiger partial charge >= 0.3 is 0 Å². The summed E-state index contributed by atoms with van der Waals surface area (Å²) >= 11 is 0. The summed E-state index contributed by atoms with van der Waals surface area (Å²) in [6, 6.07) is 15.7. The average molecular weight is 1090 g/mol. The highest BCUT2D eigenvalue weighted by atomic mass is 28.3. The van der Waals surface area contributed by atoms with Gasteiger partial charge in [-0.05, 0) is 155 Å². The van der Waals surface area contributed by atoms with Crippen molar-refractivity contribution in [3.63, 3.8) is 0 Å². The van der Waals surface area contributed by atoms with Gasteiger partial charge in [-0.1, -0.05) is 193 Å². The normalized spacial score (nSPS) is 11.8. The van der Waals surface area contributed by atoms with Crippen molar-refractivity contribution in [3.05, 3.63) is 152 Å². The van der Waals surface area contributed by atoms with Crippen molar-refractivity contribution in [3.8, 4) is 94.4 Å². The number of pyridine rings is 4. The molecule has 0 saturated heterocycles. The van der Waals surface area contributed by atoms with E-state index in [1.165, 1.54) is 0 Å². The number of unbranched alkanes of at least 4 members (excludes halogenated alkanes) is 3. The van der Waals surface area contributed by atoms with Crippen molar-refractivity contribution in [2.45, 2.75) is 215 Å². The molecule has 81 heavy (non-hydrogen) atoms. The number of rotatable bonds is 18. The lowest BCUT2D eigenvalue weighted by atomic mass is 9.98. The summed E-state index contributed by atoms with van der Waals surface area (Å²) in [6.45, 7) is 30.5. The molecule has 0 unspecified atom stereocenters. The first-order valence-electron chi connectivity index (χ1n) is 29.9. The highest BCUT2D eigenvalue weighted by molar-refractivity contribution is 6.90. The predicted octanol–water partition coefficient (Wildman–Crippen LogP) is 17.0. The standard InChI is InChI=1S/C75H88N4OSi/c1-15-21-27-68(40-47-71-43-34-62(55-76-71)31-38-66(25-19-5)70(29-23-17-3)42-49-73-45-36-64(57-78-73)50-52-75(13,14)80)65(24-18-4)37-30-61-33-44-72(77-54-61)48-41-69(28-22-16-2)67(26-20-6)39-32-63-35-46-74(79-56-63)51-53-81(58(7)8,59(9)10)60(11)12/h33-36,43-46,54-60,80H,15-29H2,1-14H3/b68-65+,69-67+,70-66+. The summed E-state index contributed by atoms with van der Waals surface area (Å²) in [5.74, 6) is 50.3. The number of hydrogen-bond acceptors (Lipinski definition) is 5. The van der Waals surface area contributed by atoms with Crippen LogP contribution in [-0.2, 0) is 0 Å². The van der Waals surface area contributed by atoms with Gasteiger partial charge in [0.2, 0.25) is 0 Å². The van der Waals surface area contributed by atoms with E-state index < -0.39 is 13.7 Å². The van der Waals surface area contributed by atoms with E-state index >= 15 is 0 Å². The van der Waals surface area contributed by atoms with Crippen molar-refractivity contribution >= 4 is 8.07 Å². The Labute approximate surface area is 492 Å². The maximum Gasteiger partial charge on any atom is 0.146 e. The molecule has 0 aliphatic rings. The molecule has 6 heteroatoms. The monoisotopic (exact) mass is 1090 g/mol. The van der Waals surface area contributed by atoms with Gasteiger partial charge in [-0.15, -0.1) is 5.54 Å². The first kappa shape index (κ1) is 66.0. The minimum Gasteiger partial charge on any atom is -0.378 e. The SMILES string of the molecule is CCCC/C(C#Cc1ccc(C#C/C(CCC)=C(/C#Cc2ccc(C#CC(C)(C)O)cn2)CCCC)cn1)=C(\C#Cc1ccc(C#C/C(CCCC)=C(/C#Cc2ccc(C#C[Si](C(C)C)(C(C)C)C(C)C)nc2)CCC)nc1)CCC. The van der Waals surface area contributed by atoms with Gasteiger partial charge in [-0.2, -0.15) is 0 Å². The zero-order valence-corrected chi connectivity index (χ0v) is 52.5. The molecule has 0 spiro atoms. The van der Waals surface area contributed by atoms with Gasteiger partial charge in [-0.3, -0.25) is 0 Å². The lowest BCUT2D eigenvalue weighted by Crippen LogP contribution is -2.43. The van der Waals surface area contributed by atoms with E-state index in [2.05, 4.69) is 182 Å². The lowest BCUT2D eigenvalue weighted by Gasteiger charge is -2.38. The number of hydrogen-bond donors (Lipinski definition) is 1. The summed E-state index contributed by atoms with van der Waals surface area (Å²) in [7, 11) is -1.85. The maximum absolute atomic E-state index is 9.96. The molecule has 1 N–H and O–H groups in total. The average Bonchev–Trinajstić information content (AvgIpc) is 3.47. The van der Waals surface area contributed by atoms with Gasteiger partial charge in [0, 0.05) is 80.5 Å². The summed E-state index contributed by atoms with van der Waals surface area (Å²) < 4.78 is 0. The molecule has 0 radical (unpaired) electrons. The molecular weight excluding hydrogens is 1000 g/mol. The second-order valence-electron chi connectivity index (χ2n) is 22.1. The molecular formula is C75H88N4OSi. The summed E-state index contributed by atoms with van der Waals surface area (Å²) in [6.07, 6.45) is 21.5. The molecule has 0 bridgehead atoms. The Balaban J connectivity index is 1.59. The van der Waals surface area contributed by atoms with Crippen molar-refractivity contribution in [1.29, 1.82) is 0 Å². The molecule has 4 rings (SSSR count). The number of allylic oxidation sites excluding steroid dienone is 6. The van der Waals surface area contributed by atoms with Crippen LogP contribution in [0, 0.1) is 94.4 Å². The van der Waals surface area contributed by atoms with E-state index in [0.717, 1.165) is 158 Å². The Kier molecular flexibility index (Phi) is 28.7. The molecule has 4 aromatic rings. The molecule has 0 amide bonds. The smallest absolute Gasteiger partial charge is 0.146 e. The molecule has 418 valence electrons. The highest BCUT2D eigenvalue weighted by Gasteiger charge is 2.41. The minimum absolute atomic E-state index is 0.572. The third-order valence-corrected chi connectivity index (χ3v) is 20.2. The van der Waals surface area contributed by atoms with Crippen LogP contribution in [0.4, 0.5) is 0 Å². The second kappa shape index (κ2) is 35.3. The fraction of sp³-hybridized carbons (Fsp3) is 0.440. The number of aliphatic hydroxyl groups is 1. The Morgan fingerprint density at radius 1 is 0.383 bits per heavy atom. The maximum atomic E-state index is 9.96. The van der Waals surface area contributed by atoms with Crippen molar-refractivity contribution in [2.75, 3.05) is 0 Å². The molecule has 0 aliphatic carbocycles. The Morgan fingerprint density at radius 2 is 0.654 bits per heavy atom. The van der Waals surface area contributed by atoms with Crippen molar-refractivity contribution in [2.24, 2.45) is 0 Å². The van der Waals surface area contributed by atoms with E-state index in [1.54, 1.807) is 20.0 Å². The Hall–Kier alpha value is -7.52. The van der Waals surface area contributed by atoms with Crippen LogP contribution in [0.25, 0.3) is 0 Å². The lowest BCUT2D eigenvalue weighted by molar-refractivity contribution is 0.143. The van der Waals surface area contributed by atoms with E-state index in [-0.39, 0.29) is 0 Å². The van der Waals surface area contributed by atoms with Crippen LogP contribution in [0.5, 0.6) is 0 Å². The van der Waals surface area contributed by atoms with E-state index in [9.17, 15) is 5.11 Å². The fourth-order valence-electron chi connectivity index (χ4n) is 9.40. The van der Waals surface area contributed by atoms with Crippen LogP contribution < -0.4 is 0 Å². The third-order valence-electron chi connectivity index (χ3n) is 13.9. The van der Waals surface area contributed by atoms with Gasteiger partial charge < -0.3 is 5.11 Å². The molecule has 4 heterocycles. The van der Waals surface area contributed by atoms with E-state index in [0.29, 0.717) is 33.7 Å². The predicted molar refractivity (Wildman–Crippen MR) is 344 cm³/mol.